The zero-order chi connectivity index (χ0) is 8.97. The third-order valence-electron chi connectivity index (χ3n) is 1.49. The Bertz CT molecular complexity index is 299. The molecule has 0 saturated carbocycles. The van der Waals surface area contributed by atoms with Gasteiger partial charge in [0.15, 0.2) is 0 Å². The van der Waals surface area contributed by atoms with Crippen LogP contribution in [0.25, 0.3) is 0 Å². The number of halogens is 1. The second-order valence-electron chi connectivity index (χ2n) is 2.44. The molecule has 0 saturated heterocycles. The SMILES string of the molecule is CCCC(Br)n1cnncc1=O. The van der Waals surface area contributed by atoms with Crippen LogP contribution in [0.1, 0.15) is 24.7 Å². The molecule has 0 bridgehead atoms. The van der Waals surface area contributed by atoms with Gasteiger partial charge in [-0.05, 0) is 6.42 Å². The average molecular weight is 232 g/mol. The molecule has 66 valence electrons. The molecule has 0 spiro atoms. The van der Waals surface area contributed by atoms with E-state index in [1.54, 1.807) is 0 Å². The smallest absolute Gasteiger partial charge is 0.273 e. The topological polar surface area (TPSA) is 47.8 Å². The van der Waals surface area contributed by atoms with E-state index in [0.717, 1.165) is 12.8 Å². The fourth-order valence-corrected chi connectivity index (χ4v) is 1.64. The van der Waals surface area contributed by atoms with E-state index in [1.165, 1.54) is 17.1 Å². The monoisotopic (exact) mass is 231 g/mol. The highest BCUT2D eigenvalue weighted by molar-refractivity contribution is 9.09. The fourth-order valence-electron chi connectivity index (χ4n) is 0.879. The molecule has 1 unspecified atom stereocenters. The van der Waals surface area contributed by atoms with Crippen molar-refractivity contribution in [1.82, 2.24) is 14.8 Å². The molecule has 1 atom stereocenters. The lowest BCUT2D eigenvalue weighted by molar-refractivity contribution is 0.585. The first-order valence-electron chi connectivity index (χ1n) is 3.78. The molecule has 0 aliphatic rings. The van der Waals surface area contributed by atoms with Crippen LogP contribution >= 0.6 is 15.9 Å². The molecule has 0 aromatic carbocycles. The maximum atomic E-state index is 11.2. The first kappa shape index (κ1) is 9.38. The summed E-state index contributed by atoms with van der Waals surface area (Å²) in [6.45, 7) is 2.06. The summed E-state index contributed by atoms with van der Waals surface area (Å²) in [5.74, 6) is 0. The number of hydrogen-bond donors (Lipinski definition) is 0. The van der Waals surface area contributed by atoms with Crippen molar-refractivity contribution in [3.63, 3.8) is 0 Å². The van der Waals surface area contributed by atoms with Gasteiger partial charge in [0, 0.05) is 0 Å². The van der Waals surface area contributed by atoms with Crippen molar-refractivity contribution >= 4 is 15.9 Å². The maximum Gasteiger partial charge on any atom is 0.273 e. The standard InChI is InChI=1S/C7H10BrN3O/c1-2-3-6(8)11-5-10-9-4-7(11)12/h4-6H,2-3H2,1H3. The van der Waals surface area contributed by atoms with E-state index in [1.807, 2.05) is 0 Å². The molecule has 12 heavy (non-hydrogen) atoms. The second kappa shape index (κ2) is 4.35. The number of nitrogens with zero attached hydrogens (tertiary/aromatic N) is 3. The molecule has 1 rings (SSSR count). The molecular weight excluding hydrogens is 222 g/mol. The molecule has 0 radical (unpaired) electrons. The molecule has 0 N–H and O–H groups in total. The van der Waals surface area contributed by atoms with Crippen LogP contribution in [-0.4, -0.2) is 14.8 Å². The molecule has 1 aromatic rings. The highest BCUT2D eigenvalue weighted by atomic mass is 79.9. The summed E-state index contributed by atoms with van der Waals surface area (Å²) < 4.78 is 1.52. The lowest BCUT2D eigenvalue weighted by atomic mass is 10.3. The Morgan fingerprint density at radius 3 is 3.00 bits per heavy atom. The van der Waals surface area contributed by atoms with Crippen LogP contribution in [0.2, 0.25) is 0 Å². The first-order chi connectivity index (χ1) is 5.75. The van der Waals surface area contributed by atoms with Gasteiger partial charge in [-0.2, -0.15) is 5.10 Å². The Hall–Kier alpha value is -0.710. The minimum Gasteiger partial charge on any atom is -0.283 e. The van der Waals surface area contributed by atoms with Crippen LogP contribution in [-0.2, 0) is 0 Å². The highest BCUT2D eigenvalue weighted by Gasteiger charge is 2.05. The van der Waals surface area contributed by atoms with Crippen LogP contribution in [0.3, 0.4) is 0 Å². The minimum absolute atomic E-state index is 0.0329. The lowest BCUT2D eigenvalue weighted by Crippen LogP contribution is -2.21. The zero-order valence-electron chi connectivity index (χ0n) is 6.77. The predicted molar refractivity (Wildman–Crippen MR) is 49.2 cm³/mol. The summed E-state index contributed by atoms with van der Waals surface area (Å²) in [6.07, 6.45) is 4.58. The van der Waals surface area contributed by atoms with Gasteiger partial charge in [0.05, 0.1) is 4.95 Å². The van der Waals surface area contributed by atoms with Gasteiger partial charge < -0.3 is 0 Å². The molecule has 5 heteroatoms. The predicted octanol–water partition coefficient (Wildman–Crippen LogP) is 1.33. The van der Waals surface area contributed by atoms with Gasteiger partial charge in [-0.1, -0.05) is 29.3 Å². The van der Waals surface area contributed by atoms with Crippen molar-refractivity contribution in [2.75, 3.05) is 0 Å². The van der Waals surface area contributed by atoms with Gasteiger partial charge in [0.1, 0.15) is 12.5 Å². The molecule has 0 fully saturated rings. The number of aromatic nitrogens is 3. The van der Waals surface area contributed by atoms with Gasteiger partial charge in [-0.25, -0.2) is 0 Å². The van der Waals surface area contributed by atoms with Crippen LogP contribution in [0, 0.1) is 0 Å². The largest absolute Gasteiger partial charge is 0.283 e. The van der Waals surface area contributed by atoms with Crippen molar-refractivity contribution in [3.8, 4) is 0 Å². The van der Waals surface area contributed by atoms with Crippen LogP contribution in [0.5, 0.6) is 0 Å². The van der Waals surface area contributed by atoms with Gasteiger partial charge >= 0.3 is 0 Å². The van der Waals surface area contributed by atoms with E-state index < -0.39 is 0 Å². The summed E-state index contributed by atoms with van der Waals surface area (Å²) >= 11 is 3.39. The third kappa shape index (κ3) is 2.14. The summed E-state index contributed by atoms with van der Waals surface area (Å²) in [4.78, 5) is 11.2. The fraction of sp³-hybridized carbons (Fsp3) is 0.571. The van der Waals surface area contributed by atoms with Gasteiger partial charge in [-0.15, -0.1) is 5.10 Å². The maximum absolute atomic E-state index is 11.2. The van der Waals surface area contributed by atoms with Gasteiger partial charge in [0.2, 0.25) is 0 Å². The van der Waals surface area contributed by atoms with Crippen LogP contribution in [0.4, 0.5) is 0 Å². The van der Waals surface area contributed by atoms with E-state index in [9.17, 15) is 4.79 Å². The summed E-state index contributed by atoms with van der Waals surface area (Å²) in [6, 6.07) is 0. The van der Waals surface area contributed by atoms with E-state index in [2.05, 4.69) is 33.1 Å². The van der Waals surface area contributed by atoms with Crippen molar-refractivity contribution in [3.05, 3.63) is 22.9 Å². The third-order valence-corrected chi connectivity index (χ3v) is 2.39. The Morgan fingerprint density at radius 2 is 2.42 bits per heavy atom. The summed E-state index contributed by atoms with van der Waals surface area (Å²) in [5.41, 5.74) is -0.125. The van der Waals surface area contributed by atoms with E-state index in [-0.39, 0.29) is 10.5 Å². The summed E-state index contributed by atoms with van der Waals surface area (Å²) in [7, 11) is 0. The van der Waals surface area contributed by atoms with Crippen molar-refractivity contribution < 1.29 is 0 Å². The second-order valence-corrected chi connectivity index (χ2v) is 3.50. The summed E-state index contributed by atoms with van der Waals surface area (Å²) in [5, 5.41) is 7.12. The quantitative estimate of drug-likeness (QED) is 0.738. The van der Waals surface area contributed by atoms with Crippen molar-refractivity contribution in [2.24, 2.45) is 0 Å². The number of rotatable bonds is 3. The van der Waals surface area contributed by atoms with Crippen LogP contribution in [0.15, 0.2) is 17.3 Å². The molecule has 0 amide bonds. The molecule has 1 heterocycles. The van der Waals surface area contributed by atoms with Crippen molar-refractivity contribution in [1.29, 1.82) is 0 Å². The van der Waals surface area contributed by atoms with Gasteiger partial charge in [0.25, 0.3) is 5.56 Å². The van der Waals surface area contributed by atoms with E-state index in [4.69, 9.17) is 0 Å². The Kier molecular flexibility index (Phi) is 3.40. The number of hydrogen-bond acceptors (Lipinski definition) is 3. The molecule has 4 nitrogen and oxygen atoms in total. The Morgan fingerprint density at radius 1 is 1.67 bits per heavy atom. The van der Waals surface area contributed by atoms with Gasteiger partial charge in [-0.3, -0.25) is 9.36 Å². The molecule has 0 aliphatic heterocycles. The van der Waals surface area contributed by atoms with Crippen molar-refractivity contribution in [2.45, 2.75) is 24.7 Å². The van der Waals surface area contributed by atoms with E-state index in [0.29, 0.717) is 0 Å². The Labute approximate surface area is 78.8 Å². The molecule has 1 aromatic heterocycles. The number of alkyl halides is 1. The van der Waals surface area contributed by atoms with E-state index >= 15 is 0 Å². The average Bonchev–Trinajstić information content (AvgIpc) is 2.05. The molecular formula is C7H10BrN3O. The van der Waals surface area contributed by atoms with Crippen LogP contribution < -0.4 is 5.56 Å². The lowest BCUT2D eigenvalue weighted by Gasteiger charge is -2.09. The zero-order valence-corrected chi connectivity index (χ0v) is 8.36. The Balaban J connectivity index is 2.87. The highest BCUT2D eigenvalue weighted by Crippen LogP contribution is 2.17. The first-order valence-corrected chi connectivity index (χ1v) is 4.70. The normalized spacial score (nSPS) is 12.8. The molecule has 0 aliphatic carbocycles. The minimum atomic E-state index is -0.125.